The number of hydrogen-bond acceptors (Lipinski definition) is 4. The Balaban J connectivity index is 1.65. The van der Waals surface area contributed by atoms with Crippen molar-refractivity contribution in [3.8, 4) is 17.2 Å². The first-order valence-electron chi connectivity index (χ1n) is 7.47. The molecule has 0 aromatic heterocycles. The zero-order valence-electron chi connectivity index (χ0n) is 13.4. The Labute approximate surface area is 135 Å². The molecule has 1 amide bonds. The fourth-order valence-electron chi connectivity index (χ4n) is 2.48. The number of nitrogens with one attached hydrogen (secondary N) is 1. The van der Waals surface area contributed by atoms with Crippen LogP contribution < -0.4 is 19.5 Å². The quantitative estimate of drug-likeness (QED) is 0.939. The molecule has 1 aliphatic heterocycles. The molecule has 2 aromatic carbocycles. The minimum Gasteiger partial charge on any atom is -0.481 e. The normalized spacial score (nSPS) is 13.5. The Hall–Kier alpha value is -2.69. The fourth-order valence-corrected chi connectivity index (χ4v) is 2.48. The molecular formula is C18H19NO4. The highest BCUT2D eigenvalue weighted by Gasteiger charge is 2.18. The van der Waals surface area contributed by atoms with Crippen LogP contribution in [0.15, 0.2) is 36.4 Å². The van der Waals surface area contributed by atoms with Gasteiger partial charge in [0.05, 0.1) is 0 Å². The van der Waals surface area contributed by atoms with Crippen LogP contribution in [0.25, 0.3) is 0 Å². The van der Waals surface area contributed by atoms with E-state index in [1.807, 2.05) is 26.0 Å². The van der Waals surface area contributed by atoms with Crippen LogP contribution in [0.2, 0.25) is 0 Å². The van der Waals surface area contributed by atoms with Crippen molar-refractivity contribution < 1.29 is 19.0 Å². The molecule has 0 saturated heterocycles. The molecule has 0 radical (unpaired) electrons. The summed E-state index contributed by atoms with van der Waals surface area (Å²) < 4.78 is 16.3. The van der Waals surface area contributed by atoms with E-state index in [1.54, 1.807) is 25.1 Å². The van der Waals surface area contributed by atoms with Crippen LogP contribution >= 0.6 is 0 Å². The Morgan fingerprint density at radius 2 is 1.78 bits per heavy atom. The molecule has 0 aliphatic carbocycles. The molecule has 3 rings (SSSR count). The van der Waals surface area contributed by atoms with Gasteiger partial charge in [-0.25, -0.2) is 0 Å². The first-order chi connectivity index (χ1) is 11.0. The summed E-state index contributed by atoms with van der Waals surface area (Å²) in [6.07, 6.45) is -0.610. The summed E-state index contributed by atoms with van der Waals surface area (Å²) >= 11 is 0. The van der Waals surface area contributed by atoms with E-state index in [9.17, 15) is 4.79 Å². The molecule has 0 fully saturated rings. The number of fused-ring (bicyclic) bond motifs is 1. The first-order valence-corrected chi connectivity index (χ1v) is 7.47. The molecule has 0 spiro atoms. The van der Waals surface area contributed by atoms with E-state index < -0.39 is 6.10 Å². The Morgan fingerprint density at radius 3 is 2.52 bits per heavy atom. The highest BCUT2D eigenvalue weighted by molar-refractivity contribution is 5.94. The fraction of sp³-hybridized carbons (Fsp3) is 0.278. The van der Waals surface area contributed by atoms with E-state index in [0.717, 1.165) is 11.1 Å². The summed E-state index contributed by atoms with van der Waals surface area (Å²) in [7, 11) is 0. The van der Waals surface area contributed by atoms with Gasteiger partial charge in [0.15, 0.2) is 17.6 Å². The number of carbonyl (C=O) groups is 1. The van der Waals surface area contributed by atoms with E-state index in [-0.39, 0.29) is 12.7 Å². The predicted molar refractivity (Wildman–Crippen MR) is 87.2 cm³/mol. The van der Waals surface area contributed by atoms with Crippen LogP contribution in [0.3, 0.4) is 0 Å². The smallest absolute Gasteiger partial charge is 0.265 e. The minimum absolute atomic E-state index is 0.207. The van der Waals surface area contributed by atoms with Crippen LogP contribution in [0, 0.1) is 13.8 Å². The van der Waals surface area contributed by atoms with Crippen molar-refractivity contribution in [3.63, 3.8) is 0 Å². The lowest BCUT2D eigenvalue weighted by atomic mass is 10.1. The maximum Gasteiger partial charge on any atom is 0.265 e. The highest BCUT2D eigenvalue weighted by Crippen LogP contribution is 2.34. The van der Waals surface area contributed by atoms with Gasteiger partial charge in [0.25, 0.3) is 5.91 Å². The molecule has 0 bridgehead atoms. The summed E-state index contributed by atoms with van der Waals surface area (Å²) in [5.74, 6) is 1.78. The van der Waals surface area contributed by atoms with Crippen molar-refractivity contribution in [2.45, 2.75) is 26.9 Å². The van der Waals surface area contributed by atoms with E-state index in [4.69, 9.17) is 14.2 Å². The summed E-state index contributed by atoms with van der Waals surface area (Å²) in [5.41, 5.74) is 2.85. The third-order valence-electron chi connectivity index (χ3n) is 3.52. The van der Waals surface area contributed by atoms with Crippen molar-refractivity contribution >= 4 is 11.6 Å². The second kappa shape index (κ2) is 6.20. The Bertz CT molecular complexity index is 722. The summed E-state index contributed by atoms with van der Waals surface area (Å²) in [5, 5.41) is 2.82. The number of rotatable bonds is 4. The summed E-state index contributed by atoms with van der Waals surface area (Å²) in [4.78, 5) is 12.3. The van der Waals surface area contributed by atoms with Crippen LogP contribution in [-0.4, -0.2) is 18.8 Å². The lowest BCUT2D eigenvalue weighted by Gasteiger charge is -2.16. The zero-order valence-corrected chi connectivity index (χ0v) is 13.4. The third kappa shape index (κ3) is 3.56. The molecule has 1 atom stereocenters. The van der Waals surface area contributed by atoms with Gasteiger partial charge in [-0.05, 0) is 56.2 Å². The maximum absolute atomic E-state index is 12.3. The summed E-state index contributed by atoms with van der Waals surface area (Å²) in [6, 6.07) is 11.2. The number of anilines is 1. The molecule has 5 nitrogen and oxygen atoms in total. The monoisotopic (exact) mass is 313 g/mol. The average Bonchev–Trinajstić information content (AvgIpc) is 2.93. The van der Waals surface area contributed by atoms with Gasteiger partial charge in [0.2, 0.25) is 6.79 Å². The van der Waals surface area contributed by atoms with E-state index >= 15 is 0 Å². The first kappa shape index (κ1) is 15.2. The largest absolute Gasteiger partial charge is 0.481 e. The van der Waals surface area contributed by atoms with Gasteiger partial charge >= 0.3 is 0 Å². The standard InChI is InChI=1S/C18H19NO4/c1-11-6-12(2)8-15(7-11)23-13(3)18(20)19-14-4-5-16-17(9-14)22-10-21-16/h4-9,13H,10H2,1-3H3,(H,19,20)/t13-/m0/s1. The second-order valence-electron chi connectivity index (χ2n) is 5.64. The number of aryl methyl sites for hydroxylation is 2. The molecule has 1 aliphatic rings. The molecule has 0 saturated carbocycles. The maximum atomic E-state index is 12.3. The Kier molecular flexibility index (Phi) is 4.10. The van der Waals surface area contributed by atoms with Gasteiger partial charge in [-0.1, -0.05) is 6.07 Å². The number of carbonyl (C=O) groups excluding carboxylic acids is 1. The van der Waals surface area contributed by atoms with Gasteiger partial charge in [0.1, 0.15) is 5.75 Å². The van der Waals surface area contributed by atoms with Crippen LogP contribution in [0.4, 0.5) is 5.69 Å². The number of hydrogen-bond donors (Lipinski definition) is 1. The van der Waals surface area contributed by atoms with Gasteiger partial charge in [-0.3, -0.25) is 4.79 Å². The van der Waals surface area contributed by atoms with Gasteiger partial charge < -0.3 is 19.5 Å². The highest BCUT2D eigenvalue weighted by atomic mass is 16.7. The molecule has 2 aromatic rings. The molecule has 1 heterocycles. The number of benzene rings is 2. The summed E-state index contributed by atoms with van der Waals surface area (Å²) in [6.45, 7) is 5.92. The Morgan fingerprint density at radius 1 is 1.09 bits per heavy atom. The molecule has 1 N–H and O–H groups in total. The van der Waals surface area contributed by atoms with Gasteiger partial charge in [-0.2, -0.15) is 0 Å². The van der Waals surface area contributed by atoms with Crippen molar-refractivity contribution in [2.24, 2.45) is 0 Å². The van der Waals surface area contributed by atoms with Crippen LogP contribution in [-0.2, 0) is 4.79 Å². The molecule has 120 valence electrons. The lowest BCUT2D eigenvalue weighted by Crippen LogP contribution is -2.30. The molecule has 0 unspecified atom stereocenters. The third-order valence-corrected chi connectivity index (χ3v) is 3.52. The lowest BCUT2D eigenvalue weighted by molar-refractivity contribution is -0.122. The van der Waals surface area contributed by atoms with E-state index in [2.05, 4.69) is 11.4 Å². The number of ether oxygens (including phenoxy) is 3. The average molecular weight is 313 g/mol. The predicted octanol–water partition coefficient (Wildman–Crippen LogP) is 3.44. The minimum atomic E-state index is -0.610. The topological polar surface area (TPSA) is 56.8 Å². The van der Waals surface area contributed by atoms with Gasteiger partial charge in [0, 0.05) is 11.8 Å². The molecular weight excluding hydrogens is 294 g/mol. The van der Waals surface area contributed by atoms with Crippen molar-refractivity contribution in [1.82, 2.24) is 0 Å². The van der Waals surface area contributed by atoms with Crippen LogP contribution in [0.1, 0.15) is 18.1 Å². The molecule has 23 heavy (non-hydrogen) atoms. The van der Waals surface area contributed by atoms with Crippen molar-refractivity contribution in [3.05, 3.63) is 47.5 Å². The van der Waals surface area contributed by atoms with Crippen molar-refractivity contribution in [2.75, 3.05) is 12.1 Å². The van der Waals surface area contributed by atoms with Crippen molar-refractivity contribution in [1.29, 1.82) is 0 Å². The zero-order chi connectivity index (χ0) is 16.4. The van der Waals surface area contributed by atoms with Crippen LogP contribution in [0.5, 0.6) is 17.2 Å². The van der Waals surface area contributed by atoms with E-state index in [0.29, 0.717) is 22.9 Å². The number of amides is 1. The van der Waals surface area contributed by atoms with E-state index in [1.165, 1.54) is 0 Å². The van der Waals surface area contributed by atoms with Gasteiger partial charge in [-0.15, -0.1) is 0 Å². The molecule has 5 heteroatoms. The SMILES string of the molecule is Cc1cc(C)cc(O[C@@H](C)C(=O)Nc2ccc3c(c2)OCO3)c1. The second-order valence-corrected chi connectivity index (χ2v) is 5.64.